The number of likely N-dealkylation sites (tertiary alicyclic amines) is 1. The van der Waals surface area contributed by atoms with Crippen LogP contribution >= 0.6 is 0 Å². The van der Waals surface area contributed by atoms with Gasteiger partial charge in [0.2, 0.25) is 17.7 Å². The Labute approximate surface area is 154 Å². The van der Waals surface area contributed by atoms with E-state index in [9.17, 15) is 14.4 Å². The Balaban J connectivity index is 1.61. The van der Waals surface area contributed by atoms with Crippen molar-refractivity contribution in [3.8, 4) is 0 Å². The second-order valence-corrected chi connectivity index (χ2v) is 7.90. The number of rotatable bonds is 5. The van der Waals surface area contributed by atoms with E-state index in [-0.39, 0.29) is 36.7 Å². The quantitative estimate of drug-likeness (QED) is 0.818. The number of anilines is 1. The first-order valence-corrected chi connectivity index (χ1v) is 9.45. The molecule has 7 nitrogen and oxygen atoms in total. The molecule has 1 aliphatic heterocycles. The van der Waals surface area contributed by atoms with Gasteiger partial charge in [-0.25, -0.2) is 0 Å². The van der Waals surface area contributed by atoms with E-state index in [1.54, 1.807) is 0 Å². The molecule has 1 aromatic heterocycles. The average Bonchev–Trinajstić information content (AvgIpc) is 3.21. The molecule has 0 unspecified atom stereocenters. The number of nitrogens with one attached hydrogen (secondary N) is 1. The Kier molecular flexibility index (Phi) is 4.90. The van der Waals surface area contributed by atoms with Crippen molar-refractivity contribution in [1.29, 1.82) is 0 Å². The Morgan fingerprint density at radius 1 is 1.23 bits per heavy atom. The molecule has 0 bridgehead atoms. The summed E-state index contributed by atoms with van der Waals surface area (Å²) in [6, 6.07) is 0.210. The summed E-state index contributed by atoms with van der Waals surface area (Å²) in [4.78, 5) is 38.6. The van der Waals surface area contributed by atoms with Gasteiger partial charge in [0.25, 0.3) is 0 Å². The molecule has 1 N–H and O–H groups in total. The highest BCUT2D eigenvalue weighted by Gasteiger charge is 2.52. The summed E-state index contributed by atoms with van der Waals surface area (Å²) in [5.41, 5.74) is 1.92. The van der Waals surface area contributed by atoms with Crippen LogP contribution in [0.4, 0.5) is 5.69 Å². The molecule has 2 heterocycles. The van der Waals surface area contributed by atoms with Gasteiger partial charge in [-0.15, -0.1) is 0 Å². The van der Waals surface area contributed by atoms with E-state index in [0.29, 0.717) is 6.42 Å². The Morgan fingerprint density at radius 3 is 2.46 bits per heavy atom. The zero-order valence-electron chi connectivity index (χ0n) is 16.1. The molecule has 142 valence electrons. The summed E-state index contributed by atoms with van der Waals surface area (Å²) < 4.78 is 1.88. The second kappa shape index (κ2) is 6.85. The maximum absolute atomic E-state index is 12.7. The van der Waals surface area contributed by atoms with E-state index in [1.807, 2.05) is 32.4 Å². The molecule has 1 aliphatic carbocycles. The van der Waals surface area contributed by atoms with E-state index < -0.39 is 5.41 Å². The molecular weight excluding hydrogens is 332 g/mol. The third kappa shape index (κ3) is 3.15. The number of carbonyl (C=O) groups is 3. The molecule has 0 atom stereocenters. The summed E-state index contributed by atoms with van der Waals surface area (Å²) in [6.45, 7) is 8.01. The predicted molar refractivity (Wildman–Crippen MR) is 97.6 cm³/mol. The van der Waals surface area contributed by atoms with Gasteiger partial charge >= 0.3 is 0 Å². The molecule has 2 aliphatic rings. The molecule has 0 radical (unpaired) electrons. The highest BCUT2D eigenvalue weighted by molar-refractivity contribution is 6.06. The number of aromatic nitrogens is 2. The van der Waals surface area contributed by atoms with Gasteiger partial charge in [-0.3, -0.25) is 24.0 Å². The number of nitrogens with zero attached hydrogens (tertiary/aromatic N) is 3. The van der Waals surface area contributed by atoms with Crippen LogP contribution in [0.25, 0.3) is 0 Å². The van der Waals surface area contributed by atoms with Crippen LogP contribution < -0.4 is 5.32 Å². The highest BCUT2D eigenvalue weighted by atomic mass is 16.2. The van der Waals surface area contributed by atoms with Gasteiger partial charge < -0.3 is 5.32 Å². The van der Waals surface area contributed by atoms with Gasteiger partial charge in [0.05, 0.1) is 22.5 Å². The van der Waals surface area contributed by atoms with Gasteiger partial charge in [0.15, 0.2) is 0 Å². The fourth-order valence-electron chi connectivity index (χ4n) is 4.29. The summed E-state index contributed by atoms with van der Waals surface area (Å²) in [5.74, 6) is -0.412. The lowest BCUT2D eigenvalue weighted by molar-refractivity contribution is -0.141. The molecule has 26 heavy (non-hydrogen) atoms. The molecule has 1 saturated carbocycles. The second-order valence-electron chi connectivity index (χ2n) is 7.90. The number of hydrogen-bond acceptors (Lipinski definition) is 4. The number of imide groups is 1. The lowest BCUT2D eigenvalue weighted by atomic mass is 9.84. The van der Waals surface area contributed by atoms with E-state index >= 15 is 0 Å². The molecule has 3 amide bonds. The number of carbonyl (C=O) groups excluding carboxylic acids is 3. The van der Waals surface area contributed by atoms with Crippen molar-refractivity contribution in [1.82, 2.24) is 14.7 Å². The summed E-state index contributed by atoms with van der Waals surface area (Å²) in [7, 11) is 0. The third-order valence-corrected chi connectivity index (χ3v) is 5.69. The third-order valence-electron chi connectivity index (χ3n) is 5.69. The van der Waals surface area contributed by atoms with Crippen molar-refractivity contribution >= 4 is 23.4 Å². The zero-order valence-corrected chi connectivity index (χ0v) is 16.1. The molecule has 2 fully saturated rings. The molecule has 3 rings (SSSR count). The SMILES string of the molecule is Cc1nn(C(C)C)c(C)c1NC(=O)CCN1C(=O)CC2(CCCC2)C1=O. The monoisotopic (exact) mass is 360 g/mol. The Bertz CT molecular complexity index is 744. The molecular formula is C19H28N4O3. The van der Waals surface area contributed by atoms with Crippen LogP contribution in [0.5, 0.6) is 0 Å². The molecule has 1 spiro atoms. The van der Waals surface area contributed by atoms with Crippen molar-refractivity contribution < 1.29 is 14.4 Å². The first-order valence-electron chi connectivity index (χ1n) is 9.45. The first-order chi connectivity index (χ1) is 12.2. The van der Waals surface area contributed by atoms with Crippen molar-refractivity contribution in [3.05, 3.63) is 11.4 Å². The number of amides is 3. The minimum absolute atomic E-state index is 0.0761. The van der Waals surface area contributed by atoms with Crippen molar-refractivity contribution in [3.63, 3.8) is 0 Å². The molecule has 1 aromatic rings. The maximum Gasteiger partial charge on any atom is 0.235 e. The van der Waals surface area contributed by atoms with Crippen molar-refractivity contribution in [2.75, 3.05) is 11.9 Å². The van der Waals surface area contributed by atoms with Crippen LogP contribution in [0.1, 0.15) is 69.8 Å². The summed E-state index contributed by atoms with van der Waals surface area (Å²) >= 11 is 0. The minimum Gasteiger partial charge on any atom is -0.323 e. The van der Waals surface area contributed by atoms with Crippen molar-refractivity contribution in [2.45, 2.75) is 72.3 Å². The summed E-state index contributed by atoms with van der Waals surface area (Å²) in [5, 5.41) is 7.35. The fraction of sp³-hybridized carbons (Fsp3) is 0.684. The fourth-order valence-corrected chi connectivity index (χ4v) is 4.29. The zero-order chi connectivity index (χ0) is 19.1. The van der Waals surface area contributed by atoms with E-state index in [0.717, 1.165) is 42.8 Å². The molecule has 1 saturated heterocycles. The number of aryl methyl sites for hydroxylation is 1. The maximum atomic E-state index is 12.7. The van der Waals surface area contributed by atoms with Crippen LogP contribution in [0.3, 0.4) is 0 Å². The summed E-state index contributed by atoms with van der Waals surface area (Å²) in [6.07, 6.45) is 4.03. The van der Waals surface area contributed by atoms with E-state index in [4.69, 9.17) is 0 Å². The number of hydrogen-bond donors (Lipinski definition) is 1. The Morgan fingerprint density at radius 2 is 1.88 bits per heavy atom. The van der Waals surface area contributed by atoms with Crippen LogP contribution in [-0.4, -0.2) is 38.9 Å². The Hall–Kier alpha value is -2.18. The van der Waals surface area contributed by atoms with Gasteiger partial charge in [0.1, 0.15) is 0 Å². The van der Waals surface area contributed by atoms with Crippen LogP contribution in [-0.2, 0) is 14.4 Å². The highest BCUT2D eigenvalue weighted by Crippen LogP contribution is 2.46. The molecule has 0 aromatic carbocycles. The standard InChI is InChI=1S/C19H28N4O3/c1-12(2)23-14(4)17(13(3)21-23)20-15(24)7-10-22-16(25)11-19(18(22)26)8-5-6-9-19/h12H,5-11H2,1-4H3,(H,20,24). The average molecular weight is 360 g/mol. The van der Waals surface area contributed by atoms with E-state index in [2.05, 4.69) is 10.4 Å². The topological polar surface area (TPSA) is 84.3 Å². The van der Waals surface area contributed by atoms with Gasteiger partial charge in [-0.2, -0.15) is 5.10 Å². The predicted octanol–water partition coefficient (Wildman–Crippen LogP) is 2.73. The lowest BCUT2D eigenvalue weighted by Gasteiger charge is -2.20. The van der Waals surface area contributed by atoms with E-state index in [1.165, 1.54) is 4.90 Å². The van der Waals surface area contributed by atoms with Gasteiger partial charge in [0, 0.05) is 25.4 Å². The minimum atomic E-state index is -0.473. The van der Waals surface area contributed by atoms with Gasteiger partial charge in [-0.1, -0.05) is 12.8 Å². The smallest absolute Gasteiger partial charge is 0.235 e. The van der Waals surface area contributed by atoms with Crippen molar-refractivity contribution in [2.24, 2.45) is 5.41 Å². The first kappa shape index (κ1) is 18.6. The lowest BCUT2D eigenvalue weighted by Crippen LogP contribution is -2.36. The normalized spacial score (nSPS) is 19.2. The molecule has 7 heteroatoms. The van der Waals surface area contributed by atoms with Crippen LogP contribution in [0.2, 0.25) is 0 Å². The largest absolute Gasteiger partial charge is 0.323 e. The van der Waals surface area contributed by atoms with Gasteiger partial charge in [-0.05, 0) is 40.5 Å². The van der Waals surface area contributed by atoms with Crippen LogP contribution in [0, 0.1) is 19.3 Å². The van der Waals surface area contributed by atoms with Crippen LogP contribution in [0.15, 0.2) is 0 Å².